The fourth-order valence-corrected chi connectivity index (χ4v) is 2.95. The van der Waals surface area contributed by atoms with Crippen LogP contribution in [0, 0.1) is 0 Å². The van der Waals surface area contributed by atoms with Gasteiger partial charge in [0, 0.05) is 18.1 Å². The molecule has 0 spiro atoms. The van der Waals surface area contributed by atoms with Crippen LogP contribution in [0.2, 0.25) is 0 Å². The fraction of sp³-hybridized carbons (Fsp3) is 0.389. The molecule has 2 rings (SSSR count). The first-order valence-electron chi connectivity index (χ1n) is 8.04. The Labute approximate surface area is 141 Å². The number of aromatic nitrogens is 2. The molecule has 0 bridgehead atoms. The molecule has 0 unspecified atom stereocenters. The lowest BCUT2D eigenvalue weighted by Crippen LogP contribution is -2.03. The van der Waals surface area contributed by atoms with Gasteiger partial charge in [-0.3, -0.25) is 0 Å². The van der Waals surface area contributed by atoms with Gasteiger partial charge in [0.15, 0.2) is 0 Å². The first kappa shape index (κ1) is 17.3. The molecular weight excluding hydrogens is 308 g/mol. The molecule has 23 heavy (non-hydrogen) atoms. The molecule has 4 nitrogen and oxygen atoms in total. The van der Waals surface area contributed by atoms with Crippen molar-refractivity contribution in [1.29, 1.82) is 0 Å². The number of benzene rings is 1. The molecule has 0 saturated carbocycles. The Morgan fingerprint density at radius 1 is 1.17 bits per heavy atom. The SMILES string of the molecule is CCCC/C=C/C(=O)Oc1ccc(-c2nnc(CCC)s2)cc1. The molecule has 0 aliphatic heterocycles. The van der Waals surface area contributed by atoms with Crippen LogP contribution < -0.4 is 4.74 Å². The molecule has 0 fully saturated rings. The highest BCUT2D eigenvalue weighted by atomic mass is 32.1. The molecule has 0 aliphatic carbocycles. The molecule has 0 aliphatic rings. The third-order valence-corrected chi connectivity index (χ3v) is 4.26. The third-order valence-electron chi connectivity index (χ3n) is 3.23. The van der Waals surface area contributed by atoms with E-state index < -0.39 is 0 Å². The lowest BCUT2D eigenvalue weighted by molar-refractivity contribution is -0.129. The second-order valence-corrected chi connectivity index (χ2v) is 6.30. The summed E-state index contributed by atoms with van der Waals surface area (Å²) in [5, 5.41) is 10.3. The van der Waals surface area contributed by atoms with Crippen LogP contribution >= 0.6 is 11.3 Å². The van der Waals surface area contributed by atoms with Gasteiger partial charge in [0.2, 0.25) is 0 Å². The van der Waals surface area contributed by atoms with Crippen molar-refractivity contribution in [3.8, 4) is 16.3 Å². The summed E-state index contributed by atoms with van der Waals surface area (Å²) in [4.78, 5) is 11.7. The molecule has 1 heterocycles. The first-order valence-corrected chi connectivity index (χ1v) is 8.85. The van der Waals surface area contributed by atoms with Crippen LogP contribution in [0.15, 0.2) is 36.4 Å². The number of unbranched alkanes of at least 4 members (excludes halogenated alkanes) is 2. The average molecular weight is 330 g/mol. The van der Waals surface area contributed by atoms with Crippen LogP contribution in [0.4, 0.5) is 0 Å². The van der Waals surface area contributed by atoms with E-state index in [4.69, 9.17) is 4.74 Å². The van der Waals surface area contributed by atoms with Crippen LogP contribution in [0.25, 0.3) is 10.6 Å². The summed E-state index contributed by atoms with van der Waals surface area (Å²) in [6.07, 6.45) is 8.48. The summed E-state index contributed by atoms with van der Waals surface area (Å²) in [6.45, 7) is 4.25. The minimum atomic E-state index is -0.338. The maximum Gasteiger partial charge on any atom is 0.335 e. The van der Waals surface area contributed by atoms with Gasteiger partial charge in [-0.2, -0.15) is 0 Å². The zero-order valence-corrected chi connectivity index (χ0v) is 14.4. The van der Waals surface area contributed by atoms with Crippen molar-refractivity contribution in [3.63, 3.8) is 0 Å². The van der Waals surface area contributed by atoms with E-state index in [0.717, 1.165) is 47.7 Å². The molecule has 0 saturated heterocycles. The van der Waals surface area contributed by atoms with Gasteiger partial charge in [-0.05, 0) is 37.1 Å². The van der Waals surface area contributed by atoms with Crippen LogP contribution in [-0.4, -0.2) is 16.2 Å². The zero-order valence-electron chi connectivity index (χ0n) is 13.6. The summed E-state index contributed by atoms with van der Waals surface area (Å²) in [5.41, 5.74) is 0.989. The number of aryl methyl sites for hydroxylation is 1. The largest absolute Gasteiger partial charge is 0.423 e. The van der Waals surface area contributed by atoms with Gasteiger partial charge in [-0.25, -0.2) is 4.79 Å². The number of carbonyl (C=O) groups is 1. The smallest absolute Gasteiger partial charge is 0.335 e. The number of hydrogen-bond acceptors (Lipinski definition) is 5. The van der Waals surface area contributed by atoms with E-state index >= 15 is 0 Å². The van der Waals surface area contributed by atoms with Gasteiger partial charge in [-0.1, -0.05) is 44.1 Å². The van der Waals surface area contributed by atoms with Crippen molar-refractivity contribution in [3.05, 3.63) is 41.4 Å². The van der Waals surface area contributed by atoms with Crippen molar-refractivity contribution in [2.45, 2.75) is 46.0 Å². The molecule has 0 atom stereocenters. The van der Waals surface area contributed by atoms with E-state index in [2.05, 4.69) is 24.0 Å². The van der Waals surface area contributed by atoms with Gasteiger partial charge in [0.1, 0.15) is 15.8 Å². The molecule has 5 heteroatoms. The number of esters is 1. The second kappa shape index (κ2) is 9.20. The van der Waals surface area contributed by atoms with E-state index in [1.54, 1.807) is 23.5 Å². The average Bonchev–Trinajstić information content (AvgIpc) is 3.01. The minimum absolute atomic E-state index is 0.338. The highest BCUT2D eigenvalue weighted by Gasteiger charge is 2.07. The second-order valence-electron chi connectivity index (χ2n) is 5.24. The van der Waals surface area contributed by atoms with Crippen molar-refractivity contribution in [1.82, 2.24) is 10.2 Å². The Morgan fingerprint density at radius 3 is 2.65 bits per heavy atom. The van der Waals surface area contributed by atoms with Gasteiger partial charge in [0.25, 0.3) is 0 Å². The van der Waals surface area contributed by atoms with E-state index in [1.807, 2.05) is 18.2 Å². The van der Waals surface area contributed by atoms with Crippen LogP contribution in [-0.2, 0) is 11.2 Å². The topological polar surface area (TPSA) is 52.1 Å². The Morgan fingerprint density at radius 2 is 1.96 bits per heavy atom. The predicted molar refractivity (Wildman–Crippen MR) is 93.6 cm³/mol. The molecule has 1 aromatic carbocycles. The maximum atomic E-state index is 11.7. The molecule has 1 aromatic heterocycles. The van der Waals surface area contributed by atoms with E-state index in [0.29, 0.717) is 5.75 Å². The monoisotopic (exact) mass is 330 g/mol. The molecule has 0 N–H and O–H groups in total. The van der Waals surface area contributed by atoms with Crippen LogP contribution in [0.3, 0.4) is 0 Å². The van der Waals surface area contributed by atoms with Crippen molar-refractivity contribution in [2.24, 2.45) is 0 Å². The molecule has 0 radical (unpaired) electrons. The number of rotatable bonds is 8. The van der Waals surface area contributed by atoms with Gasteiger partial charge in [0.05, 0.1) is 0 Å². The fourth-order valence-electron chi connectivity index (χ4n) is 2.00. The molecule has 0 amide bonds. The lowest BCUT2D eigenvalue weighted by atomic mass is 10.2. The molecular formula is C18H22N2O2S. The van der Waals surface area contributed by atoms with Gasteiger partial charge in [-0.15, -0.1) is 10.2 Å². The predicted octanol–water partition coefficient (Wildman–Crippen LogP) is 4.81. The van der Waals surface area contributed by atoms with Crippen molar-refractivity contribution < 1.29 is 9.53 Å². The van der Waals surface area contributed by atoms with Crippen molar-refractivity contribution in [2.75, 3.05) is 0 Å². The highest BCUT2D eigenvalue weighted by Crippen LogP contribution is 2.26. The Bertz CT molecular complexity index is 647. The maximum absolute atomic E-state index is 11.7. The minimum Gasteiger partial charge on any atom is -0.423 e. The quantitative estimate of drug-likeness (QED) is 0.302. The Kier molecular flexibility index (Phi) is 6.94. The van der Waals surface area contributed by atoms with E-state index in [1.165, 1.54) is 6.08 Å². The summed E-state index contributed by atoms with van der Waals surface area (Å²) in [6, 6.07) is 7.38. The summed E-state index contributed by atoms with van der Waals surface area (Å²) in [5.74, 6) is 0.201. The Hall–Kier alpha value is -2.01. The van der Waals surface area contributed by atoms with Gasteiger partial charge < -0.3 is 4.74 Å². The van der Waals surface area contributed by atoms with Crippen molar-refractivity contribution >= 4 is 17.3 Å². The summed E-state index contributed by atoms with van der Waals surface area (Å²) in [7, 11) is 0. The zero-order chi connectivity index (χ0) is 16.5. The lowest BCUT2D eigenvalue weighted by Gasteiger charge is -2.02. The van der Waals surface area contributed by atoms with E-state index in [-0.39, 0.29) is 5.97 Å². The number of ether oxygens (including phenoxy) is 1. The normalized spacial score (nSPS) is 11.0. The summed E-state index contributed by atoms with van der Waals surface area (Å²) >= 11 is 1.60. The first-order chi connectivity index (χ1) is 11.2. The van der Waals surface area contributed by atoms with Crippen LogP contribution in [0.1, 0.15) is 44.5 Å². The van der Waals surface area contributed by atoms with Gasteiger partial charge >= 0.3 is 5.97 Å². The standard InChI is InChI=1S/C18H22N2O2S/c1-3-5-6-7-9-17(21)22-15-12-10-14(11-13-15)18-20-19-16(23-18)8-4-2/h7,9-13H,3-6,8H2,1-2H3/b9-7+. The third kappa shape index (κ3) is 5.60. The number of allylic oxidation sites excluding steroid dienone is 1. The number of carbonyl (C=O) groups excluding carboxylic acids is 1. The van der Waals surface area contributed by atoms with Crippen LogP contribution in [0.5, 0.6) is 5.75 Å². The highest BCUT2D eigenvalue weighted by molar-refractivity contribution is 7.14. The van der Waals surface area contributed by atoms with E-state index in [9.17, 15) is 4.79 Å². The molecule has 2 aromatic rings. The number of nitrogens with zero attached hydrogens (tertiary/aromatic N) is 2. The summed E-state index contributed by atoms with van der Waals surface area (Å²) < 4.78 is 5.27. The molecule has 122 valence electrons. The number of hydrogen-bond donors (Lipinski definition) is 0. The Balaban J connectivity index is 1.93.